The predicted molar refractivity (Wildman–Crippen MR) is 113 cm³/mol. The summed E-state index contributed by atoms with van der Waals surface area (Å²) in [6.45, 7) is 0. The number of benzene rings is 3. The number of halogens is 2. The average molecular weight is 498 g/mol. The van der Waals surface area contributed by atoms with Crippen LogP contribution in [-0.4, -0.2) is 0 Å². The van der Waals surface area contributed by atoms with E-state index in [1.807, 2.05) is 12.1 Å². The van der Waals surface area contributed by atoms with Crippen LogP contribution in [0.1, 0.15) is 11.1 Å². The maximum absolute atomic E-state index is 6.52. The molecule has 0 aliphatic rings. The zero-order valence-electron chi connectivity index (χ0n) is 13.4. The first-order valence-corrected chi connectivity index (χ1v) is 10.9. The molecule has 0 heterocycles. The Morgan fingerprint density at radius 1 is 0.640 bits per heavy atom. The van der Waals surface area contributed by atoms with Gasteiger partial charge in [-0.15, -0.1) is 0 Å². The smallest absolute Gasteiger partial charge is 0.0630 e. The molecule has 5 heteroatoms. The molecule has 3 aromatic carbocycles. The van der Waals surface area contributed by atoms with Gasteiger partial charge in [0.25, 0.3) is 0 Å². The summed E-state index contributed by atoms with van der Waals surface area (Å²) in [4.78, 5) is 0. The van der Waals surface area contributed by atoms with E-state index in [-0.39, 0.29) is 20.4 Å². The second-order valence-corrected chi connectivity index (χ2v) is 8.79. The van der Waals surface area contributed by atoms with Crippen LogP contribution in [0.4, 0.5) is 0 Å². The van der Waals surface area contributed by atoms with Crippen molar-refractivity contribution in [3.63, 3.8) is 0 Å². The van der Waals surface area contributed by atoms with Gasteiger partial charge in [0.2, 0.25) is 0 Å². The molecule has 0 aromatic heterocycles. The maximum atomic E-state index is 6.52. The summed E-state index contributed by atoms with van der Waals surface area (Å²) in [6, 6.07) is 25.2. The summed E-state index contributed by atoms with van der Waals surface area (Å²) in [5.41, 5.74) is 2.52. The van der Waals surface area contributed by atoms with Crippen LogP contribution in [0.25, 0.3) is 0 Å². The van der Waals surface area contributed by atoms with Crippen molar-refractivity contribution in [2.45, 2.75) is 12.3 Å². The van der Waals surface area contributed by atoms with Crippen LogP contribution in [0.15, 0.2) is 72.8 Å². The Morgan fingerprint density at radius 2 is 1.16 bits per heavy atom. The molecule has 0 amide bonds. The van der Waals surface area contributed by atoms with Crippen molar-refractivity contribution >= 4 is 51.0 Å². The van der Waals surface area contributed by atoms with E-state index in [0.717, 1.165) is 25.9 Å². The Bertz CT molecular complexity index is 796. The normalized spacial score (nSPS) is 11.3. The molecule has 0 spiro atoms. The van der Waals surface area contributed by atoms with Gasteiger partial charge in [-0.25, -0.2) is 0 Å². The largest absolute Gasteiger partial charge is 0.0859 e. The average Bonchev–Trinajstić information content (AvgIpc) is 2.63. The van der Waals surface area contributed by atoms with Crippen LogP contribution in [-0.2, 0) is 32.7 Å². The van der Waals surface area contributed by atoms with E-state index in [4.69, 9.17) is 23.2 Å². The molecule has 2 atom stereocenters. The monoisotopic (exact) mass is 496 g/mol. The summed E-state index contributed by atoms with van der Waals surface area (Å²) in [6.07, 6.45) is 1.95. The fourth-order valence-corrected chi connectivity index (χ4v) is 5.40. The third-order valence-corrected chi connectivity index (χ3v) is 7.21. The van der Waals surface area contributed by atoms with Gasteiger partial charge in [-0.3, -0.25) is 0 Å². The van der Waals surface area contributed by atoms with Gasteiger partial charge in [-0.2, -0.15) is 0 Å². The third kappa shape index (κ3) is 6.15. The molecule has 25 heavy (non-hydrogen) atoms. The topological polar surface area (TPSA) is 0 Å². The van der Waals surface area contributed by atoms with Crippen molar-refractivity contribution < 1.29 is 20.4 Å². The Balaban J connectivity index is 0.00000225. The van der Waals surface area contributed by atoms with Gasteiger partial charge in [0, 0.05) is 20.4 Å². The van der Waals surface area contributed by atoms with E-state index >= 15 is 0 Å². The molecule has 3 rings (SSSR count). The standard InChI is InChI=1S/C20H18Cl2P2.Pd/c21-19-12-11-15(13-23-16-7-3-1-4-8-16)18(20(19)22)14-24-17-9-5-2-6-10-17;/h1-12,23-24H,13-14H2;. The minimum Gasteiger partial charge on any atom is -0.0859 e. The van der Waals surface area contributed by atoms with Crippen molar-refractivity contribution in [1.82, 2.24) is 0 Å². The fraction of sp³-hybridized carbons (Fsp3) is 0.100. The van der Waals surface area contributed by atoms with Crippen LogP contribution < -0.4 is 10.6 Å². The van der Waals surface area contributed by atoms with Crippen molar-refractivity contribution in [2.75, 3.05) is 0 Å². The Hall–Kier alpha value is -0.238. The molecular formula is C20H18Cl2P2Pd. The molecule has 132 valence electrons. The molecule has 0 bridgehead atoms. The predicted octanol–water partition coefficient (Wildman–Crippen LogP) is 6.00. The molecule has 0 N–H and O–H groups in total. The quantitative estimate of drug-likeness (QED) is 0.290. The zero-order chi connectivity index (χ0) is 16.8. The van der Waals surface area contributed by atoms with Crippen molar-refractivity contribution in [3.8, 4) is 0 Å². The molecule has 0 fully saturated rings. The number of rotatable bonds is 6. The summed E-state index contributed by atoms with van der Waals surface area (Å²) in [7, 11) is 1.45. The van der Waals surface area contributed by atoms with Crippen molar-refractivity contribution in [1.29, 1.82) is 0 Å². The molecule has 0 radical (unpaired) electrons. The molecule has 0 nitrogen and oxygen atoms in total. The molecule has 0 saturated heterocycles. The van der Waals surface area contributed by atoms with Crippen LogP contribution in [0.2, 0.25) is 10.0 Å². The summed E-state index contributed by atoms with van der Waals surface area (Å²) in [5, 5.41) is 4.09. The summed E-state index contributed by atoms with van der Waals surface area (Å²) >= 11 is 12.8. The SMILES string of the molecule is Clc1ccc(CPc2ccccc2)c(CPc2ccccc2)c1Cl.[Pd]. The van der Waals surface area contributed by atoms with Crippen LogP contribution in [0.3, 0.4) is 0 Å². The first-order chi connectivity index (χ1) is 11.7. The fourth-order valence-electron chi connectivity index (χ4n) is 2.49. The van der Waals surface area contributed by atoms with Crippen molar-refractivity contribution in [2.24, 2.45) is 0 Å². The minimum atomic E-state index is 0. The van der Waals surface area contributed by atoms with E-state index in [1.165, 1.54) is 21.7 Å². The van der Waals surface area contributed by atoms with E-state index in [0.29, 0.717) is 13.6 Å². The maximum Gasteiger partial charge on any atom is 0.0630 e. The second-order valence-electron chi connectivity index (χ2n) is 5.44. The van der Waals surface area contributed by atoms with Gasteiger partial charge in [0.05, 0.1) is 10.0 Å². The molecule has 2 unspecified atom stereocenters. The van der Waals surface area contributed by atoms with Crippen LogP contribution in [0.5, 0.6) is 0 Å². The third-order valence-electron chi connectivity index (χ3n) is 3.79. The van der Waals surface area contributed by atoms with Gasteiger partial charge >= 0.3 is 0 Å². The first-order valence-electron chi connectivity index (χ1n) is 7.77. The second kappa shape index (κ2) is 10.8. The van der Waals surface area contributed by atoms with Gasteiger partial charge in [-0.05, 0) is 40.1 Å². The molecule has 0 aliphatic heterocycles. The summed E-state index contributed by atoms with van der Waals surface area (Å²) in [5.74, 6) is 0. The van der Waals surface area contributed by atoms with Gasteiger partial charge < -0.3 is 0 Å². The Morgan fingerprint density at radius 3 is 1.72 bits per heavy atom. The van der Waals surface area contributed by atoms with Crippen LogP contribution >= 0.6 is 40.4 Å². The Kier molecular flexibility index (Phi) is 9.10. The Labute approximate surface area is 176 Å². The van der Waals surface area contributed by atoms with Gasteiger partial charge in [0.15, 0.2) is 0 Å². The molecule has 3 aromatic rings. The zero-order valence-corrected chi connectivity index (χ0v) is 18.5. The van der Waals surface area contributed by atoms with Crippen molar-refractivity contribution in [3.05, 3.63) is 94.0 Å². The minimum absolute atomic E-state index is 0. The van der Waals surface area contributed by atoms with Gasteiger partial charge in [-0.1, -0.05) is 107 Å². The summed E-state index contributed by atoms with van der Waals surface area (Å²) < 4.78 is 0. The number of hydrogen-bond donors (Lipinski definition) is 0. The molecule has 0 saturated carbocycles. The van der Waals surface area contributed by atoms with E-state index in [2.05, 4.69) is 60.7 Å². The molecule has 0 aliphatic carbocycles. The first kappa shape index (κ1) is 21.1. The van der Waals surface area contributed by atoms with E-state index in [9.17, 15) is 0 Å². The van der Waals surface area contributed by atoms with E-state index in [1.54, 1.807) is 0 Å². The van der Waals surface area contributed by atoms with Crippen LogP contribution in [0, 0.1) is 0 Å². The van der Waals surface area contributed by atoms with Gasteiger partial charge in [0.1, 0.15) is 0 Å². The molecular weight excluding hydrogens is 479 g/mol. The van der Waals surface area contributed by atoms with E-state index < -0.39 is 0 Å². The number of hydrogen-bond acceptors (Lipinski definition) is 0.